The van der Waals surface area contributed by atoms with Crippen molar-refractivity contribution in [3.8, 4) is 28.7 Å². The molecule has 0 atom stereocenters. The van der Waals surface area contributed by atoms with Crippen LogP contribution in [-0.2, 0) is 0 Å². The van der Waals surface area contributed by atoms with Gasteiger partial charge in [-0.15, -0.1) is 11.3 Å². The number of methoxy groups -OCH3 is 1. The Morgan fingerprint density at radius 1 is 1.03 bits per heavy atom. The van der Waals surface area contributed by atoms with Crippen LogP contribution in [0.5, 0.6) is 11.5 Å². The van der Waals surface area contributed by atoms with E-state index in [1.165, 1.54) is 11.3 Å². The quantitative estimate of drug-likeness (QED) is 0.180. The van der Waals surface area contributed by atoms with E-state index in [0.29, 0.717) is 37.3 Å². The number of esters is 1. The molecule has 0 amide bonds. The number of rotatable bonds is 6. The highest BCUT2D eigenvalue weighted by molar-refractivity contribution is 7.24. The molecule has 0 spiro atoms. The number of carbonyl (C=O) groups excluding carboxylic acids is 1. The van der Waals surface area contributed by atoms with Gasteiger partial charge in [-0.1, -0.05) is 41.9 Å². The topological polar surface area (TPSA) is 110 Å². The molecule has 5 aromatic rings. The van der Waals surface area contributed by atoms with Crippen LogP contribution in [0.15, 0.2) is 78.9 Å². The Morgan fingerprint density at radius 2 is 1.73 bits per heavy atom. The third kappa shape index (κ3) is 4.78. The molecule has 0 aliphatic heterocycles. The lowest BCUT2D eigenvalue weighted by Crippen LogP contribution is -2.11. The summed E-state index contributed by atoms with van der Waals surface area (Å²) >= 11 is 7.39. The molecule has 0 fully saturated rings. The second kappa shape index (κ2) is 10.2. The molecule has 3 N–H and O–H groups in total. The maximum absolute atomic E-state index is 13.5. The van der Waals surface area contributed by atoms with Crippen molar-refractivity contribution in [3.63, 3.8) is 0 Å². The zero-order chi connectivity index (χ0) is 25.9. The van der Waals surface area contributed by atoms with Gasteiger partial charge in [0.25, 0.3) is 0 Å². The Labute approximate surface area is 221 Å². The molecule has 0 unspecified atom stereocenters. The normalized spacial score (nSPS) is 10.6. The number of halogens is 1. The lowest BCUT2D eigenvalue weighted by molar-refractivity contribution is 0.0738. The lowest BCUT2D eigenvalue weighted by atomic mass is 10.00. The maximum Gasteiger partial charge on any atom is 0.348 e. The molecule has 3 aromatic carbocycles. The van der Waals surface area contributed by atoms with Crippen molar-refractivity contribution in [3.05, 3.63) is 95.0 Å². The summed E-state index contributed by atoms with van der Waals surface area (Å²) in [6.07, 6.45) is 0. The van der Waals surface area contributed by atoms with Gasteiger partial charge < -0.3 is 20.5 Å². The number of carbonyl (C=O) groups is 1. The van der Waals surface area contributed by atoms with Gasteiger partial charge in [-0.3, -0.25) is 0 Å². The van der Waals surface area contributed by atoms with Gasteiger partial charge >= 0.3 is 5.97 Å². The first kappa shape index (κ1) is 24.1. The Kier molecular flexibility index (Phi) is 6.64. The monoisotopic (exact) mass is 526 g/mol. The number of nitrogens with zero attached hydrogens (tertiary/aromatic N) is 2. The Bertz CT molecular complexity index is 1640. The summed E-state index contributed by atoms with van der Waals surface area (Å²) in [6.45, 7) is 0. The van der Waals surface area contributed by atoms with Crippen molar-refractivity contribution >= 4 is 55.6 Å². The SMILES string of the molecule is COc1ccc(Nc2sc3c(-c4ccc(Cl)cc4)c(C#N)c(N)nc3c2C(=O)Oc2ccccc2)cc1. The fourth-order valence-electron chi connectivity index (χ4n) is 3.85. The number of fused-ring (bicyclic) bond motifs is 1. The average molecular weight is 527 g/mol. The van der Waals surface area contributed by atoms with Gasteiger partial charge in [-0.25, -0.2) is 9.78 Å². The number of thiophene rings is 1. The molecule has 2 heterocycles. The summed E-state index contributed by atoms with van der Waals surface area (Å²) in [6, 6.07) is 25.3. The number of nitriles is 1. The van der Waals surface area contributed by atoms with Crippen molar-refractivity contribution in [2.24, 2.45) is 0 Å². The van der Waals surface area contributed by atoms with E-state index in [9.17, 15) is 10.1 Å². The van der Waals surface area contributed by atoms with Crippen molar-refractivity contribution in [1.29, 1.82) is 5.26 Å². The molecular weight excluding hydrogens is 508 g/mol. The molecule has 182 valence electrons. The Hall–Kier alpha value is -4.58. The lowest BCUT2D eigenvalue weighted by Gasteiger charge is -2.10. The van der Waals surface area contributed by atoms with E-state index < -0.39 is 5.97 Å². The van der Waals surface area contributed by atoms with Gasteiger partial charge in [0, 0.05) is 16.3 Å². The van der Waals surface area contributed by atoms with E-state index in [4.69, 9.17) is 26.8 Å². The van der Waals surface area contributed by atoms with E-state index in [2.05, 4.69) is 16.4 Å². The first-order valence-electron chi connectivity index (χ1n) is 11.1. The highest BCUT2D eigenvalue weighted by atomic mass is 35.5. The van der Waals surface area contributed by atoms with Crippen molar-refractivity contribution in [2.45, 2.75) is 0 Å². The summed E-state index contributed by atoms with van der Waals surface area (Å²) in [5.74, 6) is 0.500. The van der Waals surface area contributed by atoms with Crippen LogP contribution in [-0.4, -0.2) is 18.1 Å². The van der Waals surface area contributed by atoms with Crippen LogP contribution >= 0.6 is 22.9 Å². The minimum atomic E-state index is -0.605. The second-order valence-electron chi connectivity index (χ2n) is 7.91. The number of anilines is 3. The van der Waals surface area contributed by atoms with Gasteiger partial charge in [0.2, 0.25) is 0 Å². The van der Waals surface area contributed by atoms with Crippen LogP contribution in [0.25, 0.3) is 21.3 Å². The summed E-state index contributed by atoms with van der Waals surface area (Å²) < 4.78 is 11.5. The van der Waals surface area contributed by atoms with Gasteiger partial charge in [0.05, 0.1) is 11.8 Å². The molecule has 0 aliphatic rings. The zero-order valence-corrected chi connectivity index (χ0v) is 21.1. The van der Waals surface area contributed by atoms with Gasteiger partial charge in [-0.05, 0) is 54.1 Å². The standard InChI is InChI=1S/C28H19ClN4O3S/c1-35-19-13-11-18(12-14-19)32-27-23(28(34)36-20-5-3-2-4-6-20)24-25(37-27)22(21(15-30)26(31)33-24)16-7-9-17(29)10-8-16/h2-14,32H,1H3,(H2,31,33). The molecule has 2 aromatic heterocycles. The minimum absolute atomic E-state index is 0.0162. The molecule has 0 radical (unpaired) electrons. The van der Waals surface area contributed by atoms with E-state index in [1.54, 1.807) is 67.8 Å². The van der Waals surface area contributed by atoms with Crippen LogP contribution in [0.4, 0.5) is 16.5 Å². The molecule has 0 saturated carbocycles. The third-order valence-electron chi connectivity index (χ3n) is 5.60. The predicted octanol–water partition coefficient (Wildman–Crippen LogP) is 7.04. The Morgan fingerprint density at radius 3 is 2.38 bits per heavy atom. The molecule has 9 heteroatoms. The number of benzene rings is 3. The number of hydrogen-bond donors (Lipinski definition) is 2. The predicted molar refractivity (Wildman–Crippen MR) is 147 cm³/mol. The molecule has 5 rings (SSSR count). The number of nitrogens with one attached hydrogen (secondary N) is 1. The van der Waals surface area contributed by atoms with E-state index in [-0.39, 0.29) is 16.9 Å². The molecule has 37 heavy (non-hydrogen) atoms. The third-order valence-corrected chi connectivity index (χ3v) is 6.96. The fraction of sp³-hybridized carbons (Fsp3) is 0.0357. The van der Waals surface area contributed by atoms with Gasteiger partial charge in [-0.2, -0.15) is 5.26 Å². The van der Waals surface area contributed by atoms with Crippen LogP contribution in [0, 0.1) is 11.3 Å². The number of para-hydroxylation sites is 1. The van der Waals surface area contributed by atoms with Crippen molar-refractivity contribution in [2.75, 3.05) is 18.2 Å². The highest BCUT2D eigenvalue weighted by Crippen LogP contribution is 2.44. The van der Waals surface area contributed by atoms with Crippen LogP contribution in [0.3, 0.4) is 0 Å². The highest BCUT2D eigenvalue weighted by Gasteiger charge is 2.27. The maximum atomic E-state index is 13.5. The van der Waals surface area contributed by atoms with Gasteiger partial charge in [0.1, 0.15) is 45.0 Å². The average Bonchev–Trinajstić information content (AvgIpc) is 3.26. The molecule has 0 aliphatic carbocycles. The zero-order valence-electron chi connectivity index (χ0n) is 19.5. The molecular formula is C28H19ClN4O3S. The van der Waals surface area contributed by atoms with Crippen LogP contribution in [0.2, 0.25) is 5.02 Å². The molecule has 7 nitrogen and oxygen atoms in total. The number of aromatic nitrogens is 1. The second-order valence-corrected chi connectivity index (χ2v) is 9.36. The van der Waals surface area contributed by atoms with E-state index >= 15 is 0 Å². The summed E-state index contributed by atoms with van der Waals surface area (Å²) in [5.41, 5.74) is 9.03. The smallest absolute Gasteiger partial charge is 0.348 e. The summed E-state index contributed by atoms with van der Waals surface area (Å²) in [5, 5.41) is 14.3. The largest absolute Gasteiger partial charge is 0.497 e. The fourth-order valence-corrected chi connectivity index (χ4v) is 5.20. The number of ether oxygens (including phenoxy) is 2. The number of pyridine rings is 1. The first-order valence-corrected chi connectivity index (χ1v) is 12.3. The summed E-state index contributed by atoms with van der Waals surface area (Å²) in [4.78, 5) is 18.0. The van der Waals surface area contributed by atoms with Crippen LogP contribution in [0.1, 0.15) is 15.9 Å². The van der Waals surface area contributed by atoms with Gasteiger partial charge in [0.15, 0.2) is 0 Å². The number of nitrogen functional groups attached to an aromatic ring is 1. The van der Waals surface area contributed by atoms with Crippen LogP contribution < -0.4 is 20.5 Å². The number of nitrogens with two attached hydrogens (primary N) is 1. The van der Waals surface area contributed by atoms with Crippen molar-refractivity contribution < 1.29 is 14.3 Å². The van der Waals surface area contributed by atoms with Crippen molar-refractivity contribution in [1.82, 2.24) is 4.98 Å². The molecule has 0 saturated heterocycles. The number of hydrogen-bond acceptors (Lipinski definition) is 8. The minimum Gasteiger partial charge on any atom is -0.497 e. The summed E-state index contributed by atoms with van der Waals surface area (Å²) in [7, 11) is 1.59. The Balaban J connectivity index is 1.73. The first-order chi connectivity index (χ1) is 18.0. The van der Waals surface area contributed by atoms with E-state index in [1.807, 2.05) is 18.2 Å². The van der Waals surface area contributed by atoms with E-state index in [0.717, 1.165) is 11.3 Å². The molecule has 0 bridgehead atoms.